The molecule has 2 heterocycles. The molecule has 0 aliphatic heterocycles. The van der Waals surface area contributed by atoms with E-state index in [0.29, 0.717) is 10.9 Å². The molecule has 0 radical (unpaired) electrons. The Morgan fingerprint density at radius 1 is 0.875 bits per heavy atom. The van der Waals surface area contributed by atoms with Crippen LogP contribution in [-0.4, -0.2) is 14.8 Å². The summed E-state index contributed by atoms with van der Waals surface area (Å²) in [5.41, 5.74) is 0.810. The summed E-state index contributed by atoms with van der Waals surface area (Å²) in [5, 5.41) is 4.85. The van der Waals surface area contributed by atoms with Crippen LogP contribution >= 0.6 is 0 Å². The highest BCUT2D eigenvalue weighted by Crippen LogP contribution is 2.40. The van der Waals surface area contributed by atoms with E-state index in [4.69, 9.17) is 0 Å². The Kier molecular flexibility index (Phi) is 3.19. The molecule has 0 fully saturated rings. The van der Waals surface area contributed by atoms with Gasteiger partial charge < -0.3 is 4.98 Å². The van der Waals surface area contributed by atoms with Crippen LogP contribution in [-0.2, 0) is 6.18 Å². The minimum Gasteiger partial charge on any atom is -0.350 e. The van der Waals surface area contributed by atoms with E-state index in [1.807, 2.05) is 30.3 Å². The van der Waals surface area contributed by atoms with E-state index in [1.54, 1.807) is 41.2 Å². The maximum atomic E-state index is 13.4. The average Bonchev–Trinajstić information content (AvgIpc) is 3.19. The topological polar surface area (TPSA) is 33.6 Å². The smallest absolute Gasteiger partial charge is 0.350 e. The van der Waals surface area contributed by atoms with Crippen molar-refractivity contribution in [3.05, 3.63) is 72.6 Å². The average molecular weight is 327 g/mol. The molecule has 0 atom stereocenters. The summed E-state index contributed by atoms with van der Waals surface area (Å²) in [5.74, 6) is 0. The third-order valence-corrected chi connectivity index (χ3v) is 3.86. The van der Waals surface area contributed by atoms with E-state index in [9.17, 15) is 13.2 Å². The third kappa shape index (κ3) is 2.36. The summed E-state index contributed by atoms with van der Waals surface area (Å²) in [4.78, 5) is 2.48. The second kappa shape index (κ2) is 5.26. The molecule has 0 amide bonds. The first-order valence-corrected chi connectivity index (χ1v) is 7.33. The summed E-state index contributed by atoms with van der Waals surface area (Å²) in [6, 6.07) is 17.6. The van der Waals surface area contributed by atoms with Gasteiger partial charge in [-0.2, -0.15) is 18.3 Å². The van der Waals surface area contributed by atoms with Crippen LogP contribution in [0.2, 0.25) is 0 Å². The Labute approximate surface area is 135 Å². The van der Waals surface area contributed by atoms with Crippen molar-refractivity contribution in [1.29, 1.82) is 0 Å². The Bertz CT molecular complexity index is 997. The number of nitrogens with zero attached hydrogens (tertiary/aromatic N) is 2. The quantitative estimate of drug-likeness (QED) is 0.550. The molecular weight excluding hydrogens is 315 g/mol. The number of halogens is 3. The summed E-state index contributed by atoms with van der Waals surface area (Å²) in [6.07, 6.45) is -2.82. The van der Waals surface area contributed by atoms with Gasteiger partial charge in [-0.1, -0.05) is 36.4 Å². The summed E-state index contributed by atoms with van der Waals surface area (Å²) in [6.45, 7) is 0. The molecule has 0 aliphatic rings. The van der Waals surface area contributed by atoms with Gasteiger partial charge in [0.25, 0.3) is 0 Å². The van der Waals surface area contributed by atoms with E-state index in [1.165, 1.54) is 0 Å². The number of alkyl halides is 3. The van der Waals surface area contributed by atoms with Crippen molar-refractivity contribution in [2.75, 3.05) is 0 Å². The molecule has 120 valence electrons. The van der Waals surface area contributed by atoms with Crippen LogP contribution < -0.4 is 0 Å². The molecule has 4 aromatic rings. The summed E-state index contributed by atoms with van der Waals surface area (Å²) >= 11 is 0. The number of para-hydroxylation sites is 2. The number of H-pyrrole nitrogens is 1. The van der Waals surface area contributed by atoms with E-state index in [0.717, 1.165) is 5.69 Å². The molecule has 0 bridgehead atoms. The van der Waals surface area contributed by atoms with Crippen molar-refractivity contribution in [3.8, 4) is 16.9 Å². The fourth-order valence-electron chi connectivity index (χ4n) is 2.80. The number of hydrogen-bond donors (Lipinski definition) is 1. The Balaban J connectivity index is 1.92. The molecule has 0 unspecified atom stereocenters. The third-order valence-electron chi connectivity index (χ3n) is 3.86. The number of hydrogen-bond acceptors (Lipinski definition) is 1. The van der Waals surface area contributed by atoms with Gasteiger partial charge in [-0.05, 0) is 24.3 Å². The van der Waals surface area contributed by atoms with Crippen LogP contribution in [0.5, 0.6) is 0 Å². The molecule has 2 aromatic carbocycles. The first-order chi connectivity index (χ1) is 11.5. The van der Waals surface area contributed by atoms with Crippen molar-refractivity contribution in [2.24, 2.45) is 0 Å². The maximum absolute atomic E-state index is 13.4. The standard InChI is InChI=1S/C18H12F3N3/c19-18(20,21)17-16(13-8-4-5-9-14(13)22-17)15-10-11-24(23-15)12-6-2-1-3-7-12/h1-11,22H. The molecule has 0 saturated heterocycles. The van der Waals surface area contributed by atoms with E-state index in [2.05, 4.69) is 10.1 Å². The second-order valence-corrected chi connectivity index (χ2v) is 5.40. The van der Waals surface area contributed by atoms with Crippen molar-refractivity contribution in [2.45, 2.75) is 6.18 Å². The number of nitrogens with one attached hydrogen (secondary N) is 1. The highest BCUT2D eigenvalue weighted by molar-refractivity contribution is 5.96. The lowest BCUT2D eigenvalue weighted by Gasteiger charge is -2.06. The van der Waals surface area contributed by atoms with Crippen molar-refractivity contribution < 1.29 is 13.2 Å². The highest BCUT2D eigenvalue weighted by atomic mass is 19.4. The number of aromatic nitrogens is 3. The Hall–Kier alpha value is -3.02. The lowest BCUT2D eigenvalue weighted by Crippen LogP contribution is -2.07. The molecule has 4 rings (SSSR count). The van der Waals surface area contributed by atoms with Crippen LogP contribution in [0.3, 0.4) is 0 Å². The minimum atomic E-state index is -4.48. The van der Waals surface area contributed by atoms with Crippen LogP contribution in [0, 0.1) is 0 Å². The van der Waals surface area contributed by atoms with Crippen molar-refractivity contribution in [3.63, 3.8) is 0 Å². The highest BCUT2D eigenvalue weighted by Gasteiger charge is 2.37. The van der Waals surface area contributed by atoms with Crippen LogP contribution in [0.4, 0.5) is 13.2 Å². The lowest BCUT2D eigenvalue weighted by molar-refractivity contribution is -0.140. The Morgan fingerprint density at radius 2 is 1.58 bits per heavy atom. The molecule has 24 heavy (non-hydrogen) atoms. The molecule has 6 heteroatoms. The van der Waals surface area contributed by atoms with E-state index in [-0.39, 0.29) is 11.3 Å². The zero-order valence-electron chi connectivity index (χ0n) is 12.4. The number of benzene rings is 2. The van der Waals surface area contributed by atoms with Crippen LogP contribution in [0.1, 0.15) is 5.69 Å². The van der Waals surface area contributed by atoms with Crippen LogP contribution in [0.25, 0.3) is 27.8 Å². The molecule has 0 spiro atoms. The zero-order chi connectivity index (χ0) is 16.7. The molecule has 2 aromatic heterocycles. The van der Waals surface area contributed by atoms with Gasteiger partial charge in [-0.3, -0.25) is 0 Å². The fraction of sp³-hybridized carbons (Fsp3) is 0.0556. The molecule has 3 nitrogen and oxygen atoms in total. The van der Waals surface area contributed by atoms with E-state index < -0.39 is 11.9 Å². The second-order valence-electron chi connectivity index (χ2n) is 5.40. The van der Waals surface area contributed by atoms with Gasteiger partial charge in [0.15, 0.2) is 0 Å². The fourth-order valence-corrected chi connectivity index (χ4v) is 2.80. The monoisotopic (exact) mass is 327 g/mol. The SMILES string of the molecule is FC(F)(F)c1[nH]c2ccccc2c1-c1ccn(-c2ccccc2)n1. The van der Waals surface area contributed by atoms with Gasteiger partial charge in [0.2, 0.25) is 0 Å². The molecule has 0 aliphatic carbocycles. The molecular formula is C18H12F3N3. The van der Waals surface area contributed by atoms with Gasteiger partial charge in [0, 0.05) is 22.7 Å². The largest absolute Gasteiger partial charge is 0.431 e. The minimum absolute atomic E-state index is 0.0766. The first-order valence-electron chi connectivity index (χ1n) is 7.33. The number of fused-ring (bicyclic) bond motifs is 1. The van der Waals surface area contributed by atoms with Gasteiger partial charge in [0.1, 0.15) is 5.69 Å². The van der Waals surface area contributed by atoms with Gasteiger partial charge in [-0.15, -0.1) is 0 Å². The predicted octanol–water partition coefficient (Wildman–Crippen LogP) is 5.04. The first kappa shape index (κ1) is 14.6. The lowest BCUT2D eigenvalue weighted by atomic mass is 10.1. The summed E-state index contributed by atoms with van der Waals surface area (Å²) < 4.78 is 41.9. The molecule has 0 saturated carbocycles. The predicted molar refractivity (Wildman–Crippen MR) is 85.9 cm³/mol. The Morgan fingerprint density at radius 3 is 2.33 bits per heavy atom. The zero-order valence-corrected chi connectivity index (χ0v) is 12.4. The van der Waals surface area contributed by atoms with E-state index >= 15 is 0 Å². The maximum Gasteiger partial charge on any atom is 0.431 e. The summed E-state index contributed by atoms with van der Waals surface area (Å²) in [7, 11) is 0. The van der Waals surface area contributed by atoms with Gasteiger partial charge >= 0.3 is 6.18 Å². The molecule has 1 N–H and O–H groups in total. The normalized spacial score (nSPS) is 12.0. The number of rotatable bonds is 2. The van der Waals surface area contributed by atoms with Gasteiger partial charge in [-0.25, -0.2) is 4.68 Å². The van der Waals surface area contributed by atoms with Gasteiger partial charge in [0.05, 0.1) is 11.4 Å². The van der Waals surface area contributed by atoms with Crippen molar-refractivity contribution >= 4 is 10.9 Å². The number of aromatic amines is 1. The van der Waals surface area contributed by atoms with Crippen molar-refractivity contribution in [1.82, 2.24) is 14.8 Å². The van der Waals surface area contributed by atoms with Crippen LogP contribution in [0.15, 0.2) is 66.9 Å².